The quantitative estimate of drug-likeness (QED) is 0.0537. The van der Waals surface area contributed by atoms with Crippen LogP contribution in [0.4, 0.5) is 0 Å². The van der Waals surface area contributed by atoms with Gasteiger partial charge < -0.3 is 18.3 Å². The van der Waals surface area contributed by atoms with Gasteiger partial charge in [-0.2, -0.15) is 0 Å². The van der Waals surface area contributed by atoms with Crippen LogP contribution in [0.15, 0.2) is 30.3 Å². The molecule has 1 heterocycles. The molecule has 0 aromatic heterocycles. The number of rotatable bonds is 32. The van der Waals surface area contributed by atoms with Gasteiger partial charge in [-0.15, -0.1) is 0 Å². The van der Waals surface area contributed by atoms with Gasteiger partial charge >= 0.3 is 0 Å². The van der Waals surface area contributed by atoms with Crippen molar-refractivity contribution in [2.24, 2.45) is 0 Å². The lowest BCUT2D eigenvalue weighted by Gasteiger charge is -2.42. The van der Waals surface area contributed by atoms with E-state index in [2.05, 4.69) is 105 Å². The molecule has 0 unspecified atom stereocenters. The first-order valence-electron chi connectivity index (χ1n) is 23.7. The van der Waals surface area contributed by atoms with E-state index in [4.69, 9.17) is 18.3 Å². The third-order valence-electron chi connectivity index (χ3n) is 13.4. The van der Waals surface area contributed by atoms with Crippen LogP contribution in [-0.2, 0) is 24.9 Å². The summed E-state index contributed by atoms with van der Waals surface area (Å²) in [7, 11) is -3.85. The Morgan fingerprint density at radius 2 is 0.909 bits per heavy atom. The van der Waals surface area contributed by atoms with Crippen molar-refractivity contribution in [1.82, 2.24) is 0 Å². The summed E-state index contributed by atoms with van der Waals surface area (Å²) in [6.45, 7) is 27.9. The molecule has 1 saturated heterocycles. The molecule has 0 bridgehead atoms. The normalized spacial score (nSPS) is 18.2. The zero-order valence-electron chi connectivity index (χ0n) is 38.7. The van der Waals surface area contributed by atoms with Crippen LogP contribution >= 0.6 is 0 Å². The molecule has 2 rings (SSSR count). The monoisotopic (exact) mass is 803 g/mol. The minimum absolute atomic E-state index is 0.195. The Bertz CT molecular complexity index is 1060. The molecule has 6 heteroatoms. The molecule has 0 N–H and O–H groups in total. The Morgan fingerprint density at radius 1 is 0.545 bits per heavy atom. The van der Waals surface area contributed by atoms with E-state index in [1.165, 1.54) is 134 Å². The Morgan fingerprint density at radius 3 is 1.29 bits per heavy atom. The predicted octanol–water partition coefficient (Wildman–Crippen LogP) is 16.1. The molecule has 322 valence electrons. The summed E-state index contributed by atoms with van der Waals surface area (Å²) in [5, 5.41) is 0.398. The van der Waals surface area contributed by atoms with Crippen LogP contribution in [0.2, 0.25) is 36.3 Å². The molecule has 0 amide bonds. The van der Waals surface area contributed by atoms with Crippen LogP contribution < -0.4 is 0 Å². The number of benzene rings is 1. The fraction of sp³-hybridized carbons (Fsp3) is 0.878. The average Bonchev–Trinajstić information content (AvgIpc) is 3.61. The van der Waals surface area contributed by atoms with E-state index in [0.717, 1.165) is 38.9 Å². The van der Waals surface area contributed by atoms with E-state index in [9.17, 15) is 0 Å². The van der Waals surface area contributed by atoms with Crippen molar-refractivity contribution in [1.29, 1.82) is 0 Å². The number of hydrogen-bond acceptors (Lipinski definition) is 4. The average molecular weight is 803 g/mol. The number of ether oxygens (including phenoxy) is 2. The zero-order valence-corrected chi connectivity index (χ0v) is 40.7. The van der Waals surface area contributed by atoms with E-state index >= 15 is 0 Å². The molecule has 4 nitrogen and oxygen atoms in total. The molecular formula is C49H94O4Si2. The first kappa shape index (κ1) is 50.6. The Balaban J connectivity index is 1.80. The fourth-order valence-corrected chi connectivity index (χ4v) is 10.3. The van der Waals surface area contributed by atoms with Crippen molar-refractivity contribution in [3.63, 3.8) is 0 Å². The first-order valence-corrected chi connectivity index (χ1v) is 29.5. The molecule has 4 atom stereocenters. The Kier molecular flexibility index (Phi) is 25.1. The lowest BCUT2D eigenvalue weighted by atomic mass is 10.00. The molecule has 1 aliphatic rings. The molecule has 0 radical (unpaired) electrons. The van der Waals surface area contributed by atoms with Crippen LogP contribution in [0.5, 0.6) is 0 Å². The standard InChI is InChI=1S/C49H94O4Si2/c1-12-13-14-15-16-17-20-23-26-32-37-46(52-54(8,9)48(2,3)4)44-39-40-45(51-44)47(53-55(10,11)49(5,6)7)38-33-27-24-21-18-19-22-25-28-34-41-50-42-43-35-30-29-31-36-43/h29-31,35-36,44-47H,12-28,32-34,37-42H2,1-11H3/t44-,45-,46-,47-/m1/s1. The van der Waals surface area contributed by atoms with Gasteiger partial charge in [0.15, 0.2) is 16.6 Å². The molecule has 1 aromatic carbocycles. The summed E-state index contributed by atoms with van der Waals surface area (Å²) >= 11 is 0. The summed E-state index contributed by atoms with van der Waals surface area (Å²) in [4.78, 5) is 0. The minimum atomic E-state index is -1.93. The Hall–Kier alpha value is -0.506. The van der Waals surface area contributed by atoms with Crippen LogP contribution in [0.3, 0.4) is 0 Å². The lowest BCUT2D eigenvalue weighted by Crippen LogP contribution is -2.48. The first-order chi connectivity index (χ1) is 26.1. The van der Waals surface area contributed by atoms with Gasteiger partial charge in [-0.3, -0.25) is 0 Å². The van der Waals surface area contributed by atoms with Crippen LogP contribution in [-0.4, -0.2) is 47.7 Å². The molecule has 0 saturated carbocycles. The zero-order chi connectivity index (χ0) is 40.6. The van der Waals surface area contributed by atoms with Gasteiger partial charge in [-0.05, 0) is 73.9 Å². The molecule has 1 aromatic rings. The highest BCUT2D eigenvalue weighted by atomic mass is 28.4. The van der Waals surface area contributed by atoms with E-state index in [1.807, 2.05) is 0 Å². The number of hydrogen-bond donors (Lipinski definition) is 0. The van der Waals surface area contributed by atoms with Gasteiger partial charge in [0.2, 0.25) is 0 Å². The van der Waals surface area contributed by atoms with Crippen LogP contribution in [0, 0.1) is 0 Å². The van der Waals surface area contributed by atoms with Crippen molar-refractivity contribution < 1.29 is 18.3 Å². The fourth-order valence-electron chi connectivity index (χ4n) is 7.55. The van der Waals surface area contributed by atoms with Gasteiger partial charge in [0.25, 0.3) is 0 Å². The molecule has 0 aliphatic carbocycles. The van der Waals surface area contributed by atoms with Crippen molar-refractivity contribution >= 4 is 16.6 Å². The molecule has 0 spiro atoms. The highest BCUT2D eigenvalue weighted by Gasteiger charge is 2.45. The predicted molar refractivity (Wildman–Crippen MR) is 245 cm³/mol. The van der Waals surface area contributed by atoms with Crippen molar-refractivity contribution in [3.8, 4) is 0 Å². The van der Waals surface area contributed by atoms with Gasteiger partial charge in [0.1, 0.15) is 0 Å². The molecule has 1 fully saturated rings. The maximum Gasteiger partial charge on any atom is 0.192 e. The third-order valence-corrected chi connectivity index (χ3v) is 22.4. The van der Waals surface area contributed by atoms with E-state index in [0.29, 0.717) is 0 Å². The van der Waals surface area contributed by atoms with Crippen molar-refractivity contribution in [2.75, 3.05) is 6.61 Å². The molecule has 1 aliphatic heterocycles. The highest BCUT2D eigenvalue weighted by molar-refractivity contribution is 6.74. The van der Waals surface area contributed by atoms with E-state index in [1.54, 1.807) is 0 Å². The highest BCUT2D eigenvalue weighted by Crippen LogP contribution is 2.42. The second kappa shape index (κ2) is 27.3. The maximum atomic E-state index is 7.24. The van der Waals surface area contributed by atoms with Gasteiger partial charge in [0, 0.05) is 6.61 Å². The second-order valence-electron chi connectivity index (χ2n) is 20.5. The van der Waals surface area contributed by atoms with Gasteiger partial charge in [0.05, 0.1) is 31.0 Å². The van der Waals surface area contributed by atoms with E-state index in [-0.39, 0.29) is 34.5 Å². The van der Waals surface area contributed by atoms with Crippen LogP contribution in [0.1, 0.15) is 208 Å². The smallest absolute Gasteiger partial charge is 0.192 e. The summed E-state index contributed by atoms with van der Waals surface area (Å²) in [6, 6.07) is 10.5. The maximum absolute atomic E-state index is 7.24. The van der Waals surface area contributed by atoms with E-state index < -0.39 is 16.6 Å². The summed E-state index contributed by atoms with van der Waals surface area (Å²) in [5.74, 6) is 0. The number of unbranched alkanes of at least 4 members (excludes halogenated alkanes) is 18. The second-order valence-corrected chi connectivity index (χ2v) is 30.0. The SMILES string of the molecule is CCCCCCCCCCCC[C@@H](O[Si](C)(C)C(C)(C)C)[C@H]1CC[C@H]([C@@H](CCCCCCCCCCCCOCc2ccccc2)O[Si](C)(C)C(C)(C)C)O1. The minimum Gasteiger partial charge on any atom is -0.411 e. The lowest BCUT2D eigenvalue weighted by molar-refractivity contribution is -0.0715. The largest absolute Gasteiger partial charge is 0.411 e. The Labute approximate surface area is 346 Å². The van der Waals surface area contributed by atoms with Gasteiger partial charge in [-0.1, -0.05) is 201 Å². The summed E-state index contributed by atoms with van der Waals surface area (Å²) in [5.41, 5.74) is 1.27. The summed E-state index contributed by atoms with van der Waals surface area (Å²) < 4.78 is 27.4. The summed E-state index contributed by atoms with van der Waals surface area (Å²) in [6.07, 6.45) is 32.2. The molecular weight excluding hydrogens is 709 g/mol. The topological polar surface area (TPSA) is 36.9 Å². The van der Waals surface area contributed by atoms with Crippen molar-refractivity contribution in [3.05, 3.63) is 35.9 Å². The molecule has 55 heavy (non-hydrogen) atoms. The van der Waals surface area contributed by atoms with Gasteiger partial charge in [-0.25, -0.2) is 0 Å². The van der Waals surface area contributed by atoms with Crippen molar-refractivity contribution in [2.45, 2.75) is 270 Å². The third kappa shape index (κ3) is 21.4. The van der Waals surface area contributed by atoms with Crippen LogP contribution in [0.25, 0.3) is 0 Å².